The standard InChI is InChI=1S/C25H23NO3/c1-17-12-13-20(18(2)14-17)23(27)15-25(29)21-10-6-7-11-22(21)26(24(25)28)16-19-8-4-3-5-9-19/h3-14,29H,15-16H2,1-2H3/t25-/m0/s1. The summed E-state index contributed by atoms with van der Waals surface area (Å²) >= 11 is 0. The molecule has 1 N–H and O–H groups in total. The van der Waals surface area contributed by atoms with Gasteiger partial charge in [-0.3, -0.25) is 9.59 Å². The molecule has 4 nitrogen and oxygen atoms in total. The Kier molecular flexibility index (Phi) is 4.81. The van der Waals surface area contributed by atoms with Crippen LogP contribution in [0.2, 0.25) is 0 Å². The Morgan fingerprint density at radius 3 is 2.38 bits per heavy atom. The summed E-state index contributed by atoms with van der Waals surface area (Å²) in [6, 6.07) is 22.4. The van der Waals surface area contributed by atoms with Crippen molar-refractivity contribution in [2.45, 2.75) is 32.4 Å². The summed E-state index contributed by atoms with van der Waals surface area (Å²) in [4.78, 5) is 27.9. The summed E-state index contributed by atoms with van der Waals surface area (Å²) < 4.78 is 0. The van der Waals surface area contributed by atoms with Gasteiger partial charge < -0.3 is 10.0 Å². The third kappa shape index (κ3) is 3.36. The SMILES string of the molecule is Cc1ccc(C(=O)C[C@@]2(O)C(=O)N(Cc3ccccc3)c3ccccc32)c(C)c1. The number of aryl methyl sites for hydroxylation is 2. The van der Waals surface area contributed by atoms with Gasteiger partial charge in [-0.15, -0.1) is 0 Å². The summed E-state index contributed by atoms with van der Waals surface area (Å²) in [5.74, 6) is -0.699. The van der Waals surface area contributed by atoms with Crippen LogP contribution in [0, 0.1) is 13.8 Å². The zero-order chi connectivity index (χ0) is 20.6. The van der Waals surface area contributed by atoms with E-state index in [9.17, 15) is 14.7 Å². The third-order valence-electron chi connectivity index (χ3n) is 5.52. The van der Waals surface area contributed by atoms with Crippen LogP contribution in [0.5, 0.6) is 0 Å². The van der Waals surface area contributed by atoms with Crippen molar-refractivity contribution in [2.24, 2.45) is 0 Å². The van der Waals surface area contributed by atoms with E-state index < -0.39 is 11.5 Å². The Bertz CT molecular complexity index is 1090. The minimum Gasteiger partial charge on any atom is -0.375 e. The number of fused-ring (bicyclic) bond motifs is 1. The highest BCUT2D eigenvalue weighted by atomic mass is 16.3. The highest BCUT2D eigenvalue weighted by Crippen LogP contribution is 2.43. The molecule has 0 saturated heterocycles. The Hall–Kier alpha value is -3.24. The highest BCUT2D eigenvalue weighted by Gasteiger charge is 2.50. The molecule has 1 heterocycles. The van der Waals surface area contributed by atoms with Gasteiger partial charge in [0, 0.05) is 11.1 Å². The van der Waals surface area contributed by atoms with Crippen molar-refractivity contribution in [3.63, 3.8) is 0 Å². The van der Waals surface area contributed by atoms with Gasteiger partial charge in [0.25, 0.3) is 5.91 Å². The quantitative estimate of drug-likeness (QED) is 0.666. The molecular weight excluding hydrogens is 362 g/mol. The van der Waals surface area contributed by atoms with Crippen molar-refractivity contribution in [2.75, 3.05) is 4.90 Å². The normalized spacial score (nSPS) is 18.0. The fourth-order valence-electron chi connectivity index (χ4n) is 4.05. The smallest absolute Gasteiger partial charge is 0.264 e. The van der Waals surface area contributed by atoms with Crippen LogP contribution in [-0.4, -0.2) is 16.8 Å². The molecule has 4 rings (SSSR count). The van der Waals surface area contributed by atoms with E-state index in [0.29, 0.717) is 23.4 Å². The van der Waals surface area contributed by atoms with E-state index in [2.05, 4.69) is 0 Å². The number of Topliss-reactive ketones (excluding diaryl/α,β-unsaturated/α-hetero) is 1. The minimum atomic E-state index is -1.86. The molecule has 0 aromatic heterocycles. The first-order valence-corrected chi connectivity index (χ1v) is 9.68. The van der Waals surface area contributed by atoms with Crippen molar-refractivity contribution < 1.29 is 14.7 Å². The summed E-state index contributed by atoms with van der Waals surface area (Å²) in [5, 5.41) is 11.4. The number of rotatable bonds is 5. The number of para-hydroxylation sites is 1. The van der Waals surface area contributed by atoms with Gasteiger partial charge in [-0.25, -0.2) is 0 Å². The van der Waals surface area contributed by atoms with E-state index in [-0.39, 0.29) is 12.2 Å². The van der Waals surface area contributed by atoms with Crippen LogP contribution >= 0.6 is 0 Å². The first-order chi connectivity index (χ1) is 13.9. The molecule has 1 amide bonds. The maximum atomic E-state index is 13.3. The van der Waals surface area contributed by atoms with Crippen LogP contribution < -0.4 is 4.90 Å². The van der Waals surface area contributed by atoms with Gasteiger partial charge in [-0.05, 0) is 31.0 Å². The van der Waals surface area contributed by atoms with Gasteiger partial charge in [-0.1, -0.05) is 72.3 Å². The summed E-state index contributed by atoms with van der Waals surface area (Å²) in [6.07, 6.45) is -0.280. The van der Waals surface area contributed by atoms with Gasteiger partial charge in [-0.2, -0.15) is 0 Å². The lowest BCUT2D eigenvalue weighted by Gasteiger charge is -2.23. The number of carbonyl (C=O) groups excluding carboxylic acids is 2. The predicted molar refractivity (Wildman–Crippen MR) is 113 cm³/mol. The van der Waals surface area contributed by atoms with Crippen LogP contribution in [0.4, 0.5) is 5.69 Å². The first kappa shape index (κ1) is 19.1. The fraction of sp³-hybridized carbons (Fsp3) is 0.200. The lowest BCUT2D eigenvalue weighted by Crippen LogP contribution is -2.41. The molecule has 1 aliphatic heterocycles. The molecule has 4 heteroatoms. The Labute approximate surface area is 170 Å². The summed E-state index contributed by atoms with van der Waals surface area (Å²) in [6.45, 7) is 4.18. The zero-order valence-corrected chi connectivity index (χ0v) is 16.6. The van der Waals surface area contributed by atoms with E-state index in [4.69, 9.17) is 0 Å². The molecule has 1 atom stereocenters. The lowest BCUT2D eigenvalue weighted by atomic mass is 9.87. The number of hydrogen-bond donors (Lipinski definition) is 1. The molecule has 0 unspecified atom stereocenters. The predicted octanol–water partition coefficient (Wildman–Crippen LogP) is 4.31. The Morgan fingerprint density at radius 2 is 1.66 bits per heavy atom. The molecule has 0 bridgehead atoms. The fourth-order valence-corrected chi connectivity index (χ4v) is 4.05. The molecule has 0 aliphatic carbocycles. The average molecular weight is 385 g/mol. The van der Waals surface area contributed by atoms with Gasteiger partial charge in [0.15, 0.2) is 11.4 Å². The van der Waals surface area contributed by atoms with Crippen molar-refractivity contribution >= 4 is 17.4 Å². The van der Waals surface area contributed by atoms with Crippen molar-refractivity contribution in [3.8, 4) is 0 Å². The maximum absolute atomic E-state index is 13.3. The molecule has 29 heavy (non-hydrogen) atoms. The molecule has 1 aliphatic rings. The van der Waals surface area contributed by atoms with E-state index in [1.54, 1.807) is 23.1 Å². The van der Waals surface area contributed by atoms with Gasteiger partial charge in [0.05, 0.1) is 18.7 Å². The van der Waals surface area contributed by atoms with Crippen molar-refractivity contribution in [1.29, 1.82) is 0 Å². The number of ketones is 1. The van der Waals surface area contributed by atoms with Crippen LogP contribution in [-0.2, 0) is 16.9 Å². The van der Waals surface area contributed by atoms with Gasteiger partial charge in [0.2, 0.25) is 0 Å². The van der Waals surface area contributed by atoms with Crippen LogP contribution in [0.25, 0.3) is 0 Å². The second-order valence-electron chi connectivity index (χ2n) is 7.67. The third-order valence-corrected chi connectivity index (χ3v) is 5.52. The number of amides is 1. The molecule has 0 radical (unpaired) electrons. The lowest BCUT2D eigenvalue weighted by molar-refractivity contribution is -0.136. The number of aliphatic hydroxyl groups is 1. The van der Waals surface area contributed by atoms with Gasteiger partial charge in [0.1, 0.15) is 0 Å². The van der Waals surface area contributed by atoms with E-state index in [1.807, 2.05) is 68.4 Å². The Morgan fingerprint density at radius 1 is 0.966 bits per heavy atom. The second kappa shape index (κ2) is 7.30. The van der Waals surface area contributed by atoms with E-state index >= 15 is 0 Å². The molecular formula is C25H23NO3. The van der Waals surface area contributed by atoms with Crippen LogP contribution in [0.3, 0.4) is 0 Å². The number of hydrogen-bond acceptors (Lipinski definition) is 3. The highest BCUT2D eigenvalue weighted by molar-refractivity contribution is 6.11. The molecule has 0 saturated carbocycles. The molecule has 3 aromatic rings. The van der Waals surface area contributed by atoms with E-state index in [0.717, 1.165) is 16.7 Å². The second-order valence-corrected chi connectivity index (χ2v) is 7.67. The largest absolute Gasteiger partial charge is 0.375 e. The maximum Gasteiger partial charge on any atom is 0.264 e. The number of anilines is 1. The van der Waals surface area contributed by atoms with Crippen LogP contribution in [0.15, 0.2) is 72.8 Å². The topological polar surface area (TPSA) is 57.6 Å². The summed E-state index contributed by atoms with van der Waals surface area (Å²) in [7, 11) is 0. The average Bonchev–Trinajstić information content (AvgIpc) is 2.91. The monoisotopic (exact) mass is 385 g/mol. The first-order valence-electron chi connectivity index (χ1n) is 9.68. The van der Waals surface area contributed by atoms with Gasteiger partial charge >= 0.3 is 0 Å². The number of carbonyl (C=O) groups is 2. The molecule has 3 aromatic carbocycles. The number of nitrogens with zero attached hydrogens (tertiary/aromatic N) is 1. The zero-order valence-electron chi connectivity index (χ0n) is 16.6. The van der Waals surface area contributed by atoms with Crippen LogP contribution in [0.1, 0.15) is 39.0 Å². The van der Waals surface area contributed by atoms with E-state index in [1.165, 1.54) is 0 Å². The Balaban J connectivity index is 1.69. The van der Waals surface area contributed by atoms with Crippen molar-refractivity contribution in [1.82, 2.24) is 0 Å². The molecule has 146 valence electrons. The molecule has 0 fully saturated rings. The van der Waals surface area contributed by atoms with Crippen molar-refractivity contribution in [3.05, 3.63) is 101 Å². The summed E-state index contributed by atoms with van der Waals surface area (Å²) in [5.41, 5.74) is 2.68. The number of benzene rings is 3. The molecule has 0 spiro atoms. The minimum absolute atomic E-state index is 0.241.